The van der Waals surface area contributed by atoms with Crippen LogP contribution in [-0.2, 0) is 19.5 Å². The molecule has 2 aromatic heterocycles. The van der Waals surface area contributed by atoms with E-state index in [1.165, 1.54) is 10.4 Å². The van der Waals surface area contributed by atoms with Crippen molar-refractivity contribution in [2.24, 2.45) is 0 Å². The molecule has 3 aromatic rings. The Labute approximate surface area is 151 Å². The lowest BCUT2D eigenvalue weighted by Crippen LogP contribution is -2.45. The molecule has 1 aliphatic rings. The van der Waals surface area contributed by atoms with Crippen molar-refractivity contribution in [1.29, 1.82) is 0 Å². The molecule has 0 aliphatic carbocycles. The zero-order chi connectivity index (χ0) is 16.9. The van der Waals surface area contributed by atoms with Crippen LogP contribution in [0.1, 0.15) is 22.2 Å². The first-order chi connectivity index (χ1) is 12.3. The fraction of sp³-hybridized carbons (Fsp3) is 0.368. The molecular formula is C19H22N4OS. The number of thiophene rings is 1. The van der Waals surface area contributed by atoms with Gasteiger partial charge in [0.2, 0.25) is 5.89 Å². The zero-order valence-corrected chi connectivity index (χ0v) is 15.0. The molecule has 0 spiro atoms. The zero-order valence-electron chi connectivity index (χ0n) is 14.2. The smallest absolute Gasteiger partial charge is 0.240 e. The Hall–Kier alpha value is -2.02. The van der Waals surface area contributed by atoms with Gasteiger partial charge >= 0.3 is 0 Å². The quantitative estimate of drug-likeness (QED) is 0.681. The van der Waals surface area contributed by atoms with Crippen LogP contribution in [0.3, 0.4) is 0 Å². The minimum Gasteiger partial charge on any atom is -0.338 e. The molecule has 0 N–H and O–H groups in total. The molecule has 1 saturated heterocycles. The SMILES string of the molecule is c1ccc(Cc2noc(CN3CCN(Cc4cccs4)CC3)n2)cc1. The Morgan fingerprint density at radius 2 is 1.68 bits per heavy atom. The summed E-state index contributed by atoms with van der Waals surface area (Å²) in [7, 11) is 0. The number of rotatable bonds is 6. The van der Waals surface area contributed by atoms with E-state index in [2.05, 4.69) is 49.6 Å². The van der Waals surface area contributed by atoms with Crippen LogP contribution in [0.4, 0.5) is 0 Å². The van der Waals surface area contributed by atoms with Crippen molar-refractivity contribution in [3.8, 4) is 0 Å². The highest BCUT2D eigenvalue weighted by Gasteiger charge is 2.19. The van der Waals surface area contributed by atoms with Gasteiger partial charge < -0.3 is 4.52 Å². The van der Waals surface area contributed by atoms with Crippen molar-refractivity contribution in [3.05, 3.63) is 70.0 Å². The van der Waals surface area contributed by atoms with Crippen molar-refractivity contribution in [3.63, 3.8) is 0 Å². The molecular weight excluding hydrogens is 332 g/mol. The first-order valence-electron chi connectivity index (χ1n) is 8.67. The summed E-state index contributed by atoms with van der Waals surface area (Å²) in [5, 5.41) is 6.27. The van der Waals surface area contributed by atoms with Gasteiger partial charge in [0.15, 0.2) is 5.82 Å². The Kier molecular flexibility index (Phi) is 5.20. The maximum Gasteiger partial charge on any atom is 0.240 e. The lowest BCUT2D eigenvalue weighted by Gasteiger charge is -2.33. The molecule has 6 heteroatoms. The van der Waals surface area contributed by atoms with Crippen molar-refractivity contribution in [1.82, 2.24) is 19.9 Å². The van der Waals surface area contributed by atoms with E-state index in [1.54, 1.807) is 0 Å². The van der Waals surface area contributed by atoms with E-state index in [0.29, 0.717) is 0 Å². The topological polar surface area (TPSA) is 45.4 Å². The molecule has 5 nitrogen and oxygen atoms in total. The van der Waals surface area contributed by atoms with Crippen molar-refractivity contribution >= 4 is 11.3 Å². The lowest BCUT2D eigenvalue weighted by molar-refractivity contribution is 0.113. The summed E-state index contributed by atoms with van der Waals surface area (Å²) in [6.45, 7) is 6.07. The van der Waals surface area contributed by atoms with Gasteiger partial charge in [-0.1, -0.05) is 41.6 Å². The van der Waals surface area contributed by atoms with Crippen LogP contribution >= 0.6 is 11.3 Å². The van der Waals surface area contributed by atoms with Gasteiger partial charge in [0, 0.05) is 44.0 Å². The number of benzene rings is 1. The molecule has 4 rings (SSSR count). The molecule has 1 aromatic carbocycles. The first-order valence-corrected chi connectivity index (χ1v) is 9.55. The third-order valence-electron chi connectivity index (χ3n) is 4.50. The van der Waals surface area contributed by atoms with Gasteiger partial charge in [-0.3, -0.25) is 9.80 Å². The highest BCUT2D eigenvalue weighted by Crippen LogP contribution is 2.15. The summed E-state index contributed by atoms with van der Waals surface area (Å²) < 4.78 is 5.44. The highest BCUT2D eigenvalue weighted by molar-refractivity contribution is 7.09. The van der Waals surface area contributed by atoms with Gasteiger partial charge in [0.1, 0.15) is 0 Å². The molecule has 0 atom stereocenters. The van der Waals surface area contributed by atoms with Crippen molar-refractivity contribution < 1.29 is 4.52 Å². The van der Waals surface area contributed by atoms with Crippen LogP contribution in [0.5, 0.6) is 0 Å². The molecule has 0 bridgehead atoms. The predicted molar refractivity (Wildman–Crippen MR) is 98.4 cm³/mol. The molecule has 0 amide bonds. The average Bonchev–Trinajstić information content (AvgIpc) is 3.30. The van der Waals surface area contributed by atoms with Crippen LogP contribution < -0.4 is 0 Å². The Morgan fingerprint density at radius 3 is 2.40 bits per heavy atom. The Morgan fingerprint density at radius 1 is 0.920 bits per heavy atom. The Balaban J connectivity index is 1.26. The van der Waals surface area contributed by atoms with E-state index in [9.17, 15) is 0 Å². The van der Waals surface area contributed by atoms with Gasteiger partial charge in [-0.15, -0.1) is 11.3 Å². The molecule has 3 heterocycles. The summed E-state index contributed by atoms with van der Waals surface area (Å²) >= 11 is 1.83. The molecule has 0 unspecified atom stereocenters. The lowest BCUT2D eigenvalue weighted by atomic mass is 10.1. The second kappa shape index (κ2) is 7.91. The fourth-order valence-electron chi connectivity index (χ4n) is 3.12. The van der Waals surface area contributed by atoms with Crippen LogP contribution in [-0.4, -0.2) is 46.1 Å². The summed E-state index contributed by atoms with van der Waals surface area (Å²) in [4.78, 5) is 10.9. The summed E-state index contributed by atoms with van der Waals surface area (Å²) in [6.07, 6.45) is 0.721. The molecule has 0 saturated carbocycles. The summed E-state index contributed by atoms with van der Waals surface area (Å²) in [5.74, 6) is 1.48. The molecule has 0 radical (unpaired) electrons. The number of piperazine rings is 1. The van der Waals surface area contributed by atoms with Gasteiger partial charge in [-0.05, 0) is 17.0 Å². The third kappa shape index (κ3) is 4.54. The number of aromatic nitrogens is 2. The van der Waals surface area contributed by atoms with Gasteiger partial charge in [-0.2, -0.15) is 4.98 Å². The largest absolute Gasteiger partial charge is 0.338 e. The number of hydrogen-bond donors (Lipinski definition) is 0. The molecule has 1 fully saturated rings. The standard InChI is InChI=1S/C19H22N4OS/c1-2-5-16(6-3-1)13-18-20-19(24-21-18)15-23-10-8-22(9-11-23)14-17-7-4-12-25-17/h1-7,12H,8-11,13-15H2. The molecule has 1 aliphatic heterocycles. The predicted octanol–water partition coefficient (Wildman–Crippen LogP) is 3.04. The van der Waals surface area contributed by atoms with Crippen molar-refractivity contribution in [2.45, 2.75) is 19.5 Å². The second-order valence-electron chi connectivity index (χ2n) is 6.40. The highest BCUT2D eigenvalue weighted by atomic mass is 32.1. The van der Waals surface area contributed by atoms with Crippen LogP contribution in [0.15, 0.2) is 52.4 Å². The first kappa shape index (κ1) is 16.4. The van der Waals surface area contributed by atoms with Crippen molar-refractivity contribution in [2.75, 3.05) is 26.2 Å². The van der Waals surface area contributed by atoms with Crippen LogP contribution in [0, 0.1) is 0 Å². The van der Waals surface area contributed by atoms with Crippen LogP contribution in [0.2, 0.25) is 0 Å². The van der Waals surface area contributed by atoms with E-state index in [-0.39, 0.29) is 0 Å². The molecule has 25 heavy (non-hydrogen) atoms. The van der Waals surface area contributed by atoms with E-state index < -0.39 is 0 Å². The van der Waals surface area contributed by atoms with Gasteiger partial charge in [-0.25, -0.2) is 0 Å². The van der Waals surface area contributed by atoms with Gasteiger partial charge in [0.05, 0.1) is 6.54 Å². The summed E-state index contributed by atoms with van der Waals surface area (Å²) in [6, 6.07) is 14.6. The number of nitrogens with zero attached hydrogens (tertiary/aromatic N) is 4. The normalized spacial score (nSPS) is 16.3. The number of hydrogen-bond acceptors (Lipinski definition) is 6. The van der Waals surface area contributed by atoms with E-state index >= 15 is 0 Å². The van der Waals surface area contributed by atoms with Gasteiger partial charge in [0.25, 0.3) is 0 Å². The fourth-order valence-corrected chi connectivity index (χ4v) is 3.87. The maximum atomic E-state index is 5.44. The third-order valence-corrected chi connectivity index (χ3v) is 5.36. The Bertz CT molecular complexity index is 764. The monoisotopic (exact) mass is 354 g/mol. The second-order valence-corrected chi connectivity index (χ2v) is 7.43. The summed E-state index contributed by atoms with van der Waals surface area (Å²) in [5.41, 5.74) is 1.21. The average molecular weight is 354 g/mol. The van der Waals surface area contributed by atoms with E-state index in [4.69, 9.17) is 4.52 Å². The minimum absolute atomic E-state index is 0.720. The van der Waals surface area contributed by atoms with E-state index in [1.807, 2.05) is 29.5 Å². The van der Waals surface area contributed by atoms with Crippen LogP contribution in [0.25, 0.3) is 0 Å². The van der Waals surface area contributed by atoms with E-state index in [0.717, 1.165) is 57.4 Å². The molecule has 130 valence electrons. The maximum absolute atomic E-state index is 5.44. The minimum atomic E-state index is 0.720.